The van der Waals surface area contributed by atoms with Gasteiger partial charge in [0.25, 0.3) is 5.91 Å². The van der Waals surface area contributed by atoms with E-state index in [1.165, 1.54) is 0 Å². The molecule has 1 aromatic heterocycles. The van der Waals surface area contributed by atoms with Gasteiger partial charge < -0.3 is 9.42 Å². The average Bonchev–Trinajstić information content (AvgIpc) is 2.87. The molecule has 1 aromatic rings. The van der Waals surface area contributed by atoms with Gasteiger partial charge in [0.05, 0.1) is 5.37 Å². The number of thioether (sulfide) groups is 1. The summed E-state index contributed by atoms with van der Waals surface area (Å²) in [5.41, 5.74) is 0.432. The molecule has 2 heterocycles. The summed E-state index contributed by atoms with van der Waals surface area (Å²) in [6.07, 6.45) is 2.15. The second kappa shape index (κ2) is 4.91. The molecule has 1 unspecified atom stereocenters. The van der Waals surface area contributed by atoms with E-state index in [1.807, 2.05) is 16.7 Å². The fourth-order valence-electron chi connectivity index (χ4n) is 1.85. The van der Waals surface area contributed by atoms with Crippen molar-refractivity contribution in [3.63, 3.8) is 0 Å². The van der Waals surface area contributed by atoms with Crippen molar-refractivity contribution < 1.29 is 9.32 Å². The molecule has 1 aliphatic rings. The summed E-state index contributed by atoms with van der Waals surface area (Å²) in [4.78, 5) is 14.0. The van der Waals surface area contributed by atoms with Crippen LogP contribution in [0.4, 0.5) is 0 Å². The summed E-state index contributed by atoms with van der Waals surface area (Å²) in [7, 11) is 0. The van der Waals surface area contributed by atoms with Crippen molar-refractivity contribution in [3.8, 4) is 0 Å². The largest absolute Gasteiger partial charge is 0.361 e. The first-order chi connectivity index (χ1) is 7.72. The number of rotatable bonds is 3. The van der Waals surface area contributed by atoms with Crippen LogP contribution >= 0.6 is 11.8 Å². The van der Waals surface area contributed by atoms with E-state index in [4.69, 9.17) is 4.52 Å². The second-order valence-corrected chi connectivity index (χ2v) is 5.22. The average molecular weight is 240 g/mol. The van der Waals surface area contributed by atoms with E-state index < -0.39 is 0 Å². The minimum Gasteiger partial charge on any atom is -0.361 e. The molecule has 0 saturated carbocycles. The van der Waals surface area contributed by atoms with E-state index in [-0.39, 0.29) is 5.91 Å². The Balaban J connectivity index is 2.09. The van der Waals surface area contributed by atoms with Gasteiger partial charge in [-0.3, -0.25) is 4.79 Å². The molecule has 5 heteroatoms. The summed E-state index contributed by atoms with van der Waals surface area (Å²) in [6.45, 7) is 4.76. The van der Waals surface area contributed by atoms with E-state index in [9.17, 15) is 4.79 Å². The smallest absolute Gasteiger partial charge is 0.276 e. The molecule has 88 valence electrons. The maximum Gasteiger partial charge on any atom is 0.276 e. The maximum atomic E-state index is 12.1. The number of carbonyl (C=O) groups is 1. The molecular weight excluding hydrogens is 224 g/mol. The molecule has 1 fully saturated rings. The highest BCUT2D eigenvalue weighted by Gasteiger charge is 2.30. The van der Waals surface area contributed by atoms with Crippen LogP contribution in [0.3, 0.4) is 0 Å². The molecule has 1 aliphatic heterocycles. The Hall–Kier alpha value is -0.970. The van der Waals surface area contributed by atoms with Gasteiger partial charge in [-0.25, -0.2) is 0 Å². The Labute approximate surface area is 99.4 Å². The zero-order valence-corrected chi connectivity index (χ0v) is 10.4. The van der Waals surface area contributed by atoms with Gasteiger partial charge >= 0.3 is 0 Å². The minimum absolute atomic E-state index is 0.000278. The van der Waals surface area contributed by atoms with Crippen molar-refractivity contribution in [2.75, 3.05) is 12.3 Å². The fraction of sp³-hybridized carbons (Fsp3) is 0.636. The van der Waals surface area contributed by atoms with Crippen molar-refractivity contribution in [2.24, 2.45) is 0 Å². The highest BCUT2D eigenvalue weighted by atomic mass is 32.2. The molecule has 0 spiro atoms. The standard InChI is InChI=1S/C11H16N2O2S/c1-3-4-10-13(5-6-16-10)11(14)9-7-8(2)15-12-9/h7,10H,3-6H2,1-2H3. The Morgan fingerprint density at radius 1 is 1.75 bits per heavy atom. The number of hydrogen-bond acceptors (Lipinski definition) is 4. The van der Waals surface area contributed by atoms with Crippen molar-refractivity contribution >= 4 is 17.7 Å². The lowest BCUT2D eigenvalue weighted by Gasteiger charge is -2.22. The minimum atomic E-state index is 0.000278. The maximum absolute atomic E-state index is 12.1. The molecule has 1 amide bonds. The number of aryl methyl sites for hydroxylation is 1. The second-order valence-electron chi connectivity index (χ2n) is 3.94. The van der Waals surface area contributed by atoms with E-state index in [2.05, 4.69) is 12.1 Å². The molecule has 0 aromatic carbocycles. The van der Waals surface area contributed by atoms with Crippen LogP contribution in [0.1, 0.15) is 36.0 Å². The summed E-state index contributed by atoms with van der Waals surface area (Å²) in [5.74, 6) is 1.70. The van der Waals surface area contributed by atoms with Crippen LogP contribution in [-0.4, -0.2) is 33.6 Å². The Bertz CT molecular complexity index is 378. The predicted molar refractivity (Wildman–Crippen MR) is 63.4 cm³/mol. The van der Waals surface area contributed by atoms with Gasteiger partial charge in [-0.15, -0.1) is 11.8 Å². The number of hydrogen-bond donors (Lipinski definition) is 0. The summed E-state index contributed by atoms with van der Waals surface area (Å²) in [5, 5.41) is 4.09. The van der Waals surface area contributed by atoms with Crippen LogP contribution in [-0.2, 0) is 0 Å². The highest BCUT2D eigenvalue weighted by Crippen LogP contribution is 2.28. The van der Waals surface area contributed by atoms with Gasteiger partial charge in [-0.1, -0.05) is 18.5 Å². The first-order valence-electron chi connectivity index (χ1n) is 5.58. The third kappa shape index (κ3) is 2.24. The van der Waals surface area contributed by atoms with Gasteiger partial charge in [0.2, 0.25) is 0 Å². The number of carbonyl (C=O) groups excluding carboxylic acids is 1. The van der Waals surface area contributed by atoms with E-state index in [1.54, 1.807) is 13.0 Å². The number of amides is 1. The molecule has 1 atom stereocenters. The van der Waals surface area contributed by atoms with Gasteiger partial charge in [0.15, 0.2) is 5.69 Å². The van der Waals surface area contributed by atoms with E-state index in [0.717, 1.165) is 25.1 Å². The topological polar surface area (TPSA) is 46.3 Å². The Kier molecular flexibility index (Phi) is 3.53. The van der Waals surface area contributed by atoms with Crippen molar-refractivity contribution in [1.29, 1.82) is 0 Å². The van der Waals surface area contributed by atoms with Gasteiger partial charge in [0, 0.05) is 18.4 Å². The fourth-order valence-corrected chi connectivity index (χ4v) is 3.21. The first-order valence-corrected chi connectivity index (χ1v) is 6.63. The predicted octanol–water partition coefficient (Wildman–Crippen LogP) is 2.30. The molecule has 1 saturated heterocycles. The van der Waals surface area contributed by atoms with Crippen LogP contribution in [0.25, 0.3) is 0 Å². The van der Waals surface area contributed by atoms with Crippen LogP contribution in [0.2, 0.25) is 0 Å². The quantitative estimate of drug-likeness (QED) is 0.813. The third-order valence-corrected chi connectivity index (χ3v) is 3.93. The monoisotopic (exact) mass is 240 g/mol. The van der Waals surface area contributed by atoms with E-state index in [0.29, 0.717) is 16.8 Å². The Morgan fingerprint density at radius 2 is 2.56 bits per heavy atom. The lowest BCUT2D eigenvalue weighted by atomic mass is 10.2. The third-order valence-electron chi connectivity index (χ3n) is 2.63. The van der Waals surface area contributed by atoms with Crippen molar-refractivity contribution in [1.82, 2.24) is 10.1 Å². The normalized spacial score (nSPS) is 20.4. The molecular formula is C11H16N2O2S. The molecule has 16 heavy (non-hydrogen) atoms. The van der Waals surface area contributed by atoms with E-state index >= 15 is 0 Å². The van der Waals surface area contributed by atoms with Crippen LogP contribution in [0.5, 0.6) is 0 Å². The zero-order valence-electron chi connectivity index (χ0n) is 9.60. The molecule has 0 aliphatic carbocycles. The highest BCUT2D eigenvalue weighted by molar-refractivity contribution is 8.00. The van der Waals surface area contributed by atoms with Crippen molar-refractivity contribution in [3.05, 3.63) is 17.5 Å². The molecule has 2 rings (SSSR count). The molecule has 0 radical (unpaired) electrons. The first kappa shape index (κ1) is 11.5. The van der Waals surface area contributed by atoms with Gasteiger partial charge in [-0.2, -0.15) is 0 Å². The van der Waals surface area contributed by atoms with Crippen LogP contribution in [0.15, 0.2) is 10.6 Å². The molecule has 4 nitrogen and oxygen atoms in total. The lowest BCUT2D eigenvalue weighted by Crippen LogP contribution is -2.34. The summed E-state index contributed by atoms with van der Waals surface area (Å²) < 4.78 is 4.94. The number of aromatic nitrogens is 1. The molecule has 0 N–H and O–H groups in total. The lowest BCUT2D eigenvalue weighted by molar-refractivity contribution is 0.0746. The van der Waals surface area contributed by atoms with Crippen molar-refractivity contribution in [2.45, 2.75) is 32.1 Å². The van der Waals surface area contributed by atoms with Crippen LogP contribution < -0.4 is 0 Å². The SMILES string of the molecule is CCCC1SCCN1C(=O)c1cc(C)on1. The molecule has 0 bridgehead atoms. The number of nitrogens with zero attached hydrogens (tertiary/aromatic N) is 2. The zero-order chi connectivity index (χ0) is 11.5. The summed E-state index contributed by atoms with van der Waals surface area (Å²) >= 11 is 1.85. The Morgan fingerprint density at radius 3 is 3.19 bits per heavy atom. The summed E-state index contributed by atoms with van der Waals surface area (Å²) in [6, 6.07) is 1.70. The van der Waals surface area contributed by atoms with Gasteiger partial charge in [0.1, 0.15) is 5.76 Å². The van der Waals surface area contributed by atoms with Crippen LogP contribution in [0, 0.1) is 6.92 Å². The van der Waals surface area contributed by atoms with Gasteiger partial charge in [-0.05, 0) is 13.3 Å².